The fourth-order valence-electron chi connectivity index (χ4n) is 2.28. The second-order valence-electron chi connectivity index (χ2n) is 4.80. The van der Waals surface area contributed by atoms with Crippen molar-refractivity contribution >= 4 is 33.3 Å². The van der Waals surface area contributed by atoms with Crippen molar-refractivity contribution < 1.29 is 14.0 Å². The van der Waals surface area contributed by atoms with Crippen LogP contribution in [0.2, 0.25) is 0 Å². The zero-order valence-corrected chi connectivity index (χ0v) is 11.2. The van der Waals surface area contributed by atoms with E-state index in [9.17, 15) is 14.0 Å². The van der Waals surface area contributed by atoms with E-state index in [1.54, 1.807) is 0 Å². The number of hydrogen-bond donors (Lipinski definition) is 0. The Morgan fingerprint density at radius 3 is 2.72 bits per heavy atom. The van der Waals surface area contributed by atoms with Crippen LogP contribution < -0.4 is 4.90 Å². The molecule has 0 radical (unpaired) electrons. The van der Waals surface area contributed by atoms with Gasteiger partial charge in [0.05, 0.1) is 11.3 Å². The van der Waals surface area contributed by atoms with E-state index in [1.807, 2.05) is 0 Å². The van der Waals surface area contributed by atoms with Gasteiger partial charge in [-0.15, -0.1) is 0 Å². The van der Waals surface area contributed by atoms with Crippen LogP contribution in [0, 0.1) is 11.7 Å². The minimum Gasteiger partial charge on any atom is -0.304 e. The van der Waals surface area contributed by atoms with Crippen molar-refractivity contribution in [1.29, 1.82) is 0 Å². The number of anilines is 1. The molecule has 1 aromatic carbocycles. The molecule has 3 rings (SSSR count). The number of rotatable bonds is 3. The van der Waals surface area contributed by atoms with E-state index in [0.717, 1.165) is 12.5 Å². The average Bonchev–Trinajstić information content (AvgIpc) is 3.10. The molecule has 1 fully saturated rings. The van der Waals surface area contributed by atoms with E-state index in [0.29, 0.717) is 22.6 Å². The molecule has 1 aliphatic carbocycles. The summed E-state index contributed by atoms with van der Waals surface area (Å²) in [6.45, 7) is 0.534. The molecule has 1 heterocycles. The highest BCUT2D eigenvalue weighted by molar-refractivity contribution is 9.10. The Morgan fingerprint density at radius 1 is 1.33 bits per heavy atom. The highest BCUT2D eigenvalue weighted by Crippen LogP contribution is 2.39. The Balaban J connectivity index is 1.97. The summed E-state index contributed by atoms with van der Waals surface area (Å²) in [6, 6.07) is 2.42. The Hall–Kier alpha value is -1.23. The average molecular weight is 312 g/mol. The van der Waals surface area contributed by atoms with Crippen LogP contribution in [0.4, 0.5) is 10.1 Å². The van der Waals surface area contributed by atoms with Crippen LogP contribution in [-0.2, 0) is 4.79 Å². The van der Waals surface area contributed by atoms with Crippen LogP contribution in [0.3, 0.4) is 0 Å². The maximum Gasteiger partial charge on any atom is 0.299 e. The first-order valence-corrected chi connectivity index (χ1v) is 6.72. The number of halogens is 2. The third kappa shape index (κ3) is 1.86. The van der Waals surface area contributed by atoms with Gasteiger partial charge in [0, 0.05) is 11.0 Å². The number of ketones is 1. The predicted octanol–water partition coefficient (Wildman–Crippen LogP) is 2.92. The molecule has 2 aliphatic rings. The third-order valence-corrected chi connectivity index (χ3v) is 4.04. The molecule has 0 bridgehead atoms. The van der Waals surface area contributed by atoms with Crippen LogP contribution in [0.25, 0.3) is 0 Å². The predicted molar refractivity (Wildman–Crippen MR) is 68.1 cm³/mol. The summed E-state index contributed by atoms with van der Waals surface area (Å²) in [6.07, 6.45) is 3.31. The molecule has 18 heavy (non-hydrogen) atoms. The van der Waals surface area contributed by atoms with Gasteiger partial charge in [-0.05, 0) is 40.4 Å². The quantitative estimate of drug-likeness (QED) is 0.805. The van der Waals surface area contributed by atoms with Gasteiger partial charge in [0.2, 0.25) is 0 Å². The van der Waals surface area contributed by atoms with Crippen LogP contribution in [0.1, 0.15) is 29.6 Å². The van der Waals surface area contributed by atoms with Crippen molar-refractivity contribution in [3.05, 3.63) is 28.0 Å². The number of Topliss-reactive ketones (excluding diaryl/α,β-unsaturated/α-hetero) is 1. The lowest BCUT2D eigenvalue weighted by Gasteiger charge is -2.17. The van der Waals surface area contributed by atoms with Crippen molar-refractivity contribution in [1.82, 2.24) is 0 Å². The Bertz CT molecular complexity index is 554. The van der Waals surface area contributed by atoms with Gasteiger partial charge in [-0.3, -0.25) is 9.59 Å². The number of benzene rings is 1. The van der Waals surface area contributed by atoms with Gasteiger partial charge in [-0.1, -0.05) is 12.8 Å². The van der Waals surface area contributed by atoms with Crippen molar-refractivity contribution in [3.8, 4) is 0 Å². The number of carbonyl (C=O) groups excluding carboxylic acids is 2. The molecule has 1 amide bonds. The molecule has 0 N–H and O–H groups in total. The van der Waals surface area contributed by atoms with Crippen LogP contribution in [0.15, 0.2) is 16.6 Å². The van der Waals surface area contributed by atoms with Gasteiger partial charge in [-0.25, -0.2) is 4.39 Å². The summed E-state index contributed by atoms with van der Waals surface area (Å²) < 4.78 is 13.7. The lowest BCUT2D eigenvalue weighted by atomic mass is 10.1. The largest absolute Gasteiger partial charge is 0.304 e. The van der Waals surface area contributed by atoms with E-state index in [1.165, 1.54) is 23.8 Å². The summed E-state index contributed by atoms with van der Waals surface area (Å²) in [4.78, 5) is 25.2. The summed E-state index contributed by atoms with van der Waals surface area (Å²) in [7, 11) is 0. The second kappa shape index (κ2) is 4.16. The van der Waals surface area contributed by atoms with E-state index < -0.39 is 17.5 Å². The summed E-state index contributed by atoms with van der Waals surface area (Å²) in [5.74, 6) is -0.986. The lowest BCUT2D eigenvalue weighted by molar-refractivity contribution is -0.114. The number of carbonyl (C=O) groups is 2. The van der Waals surface area contributed by atoms with Crippen LogP contribution in [-0.4, -0.2) is 18.2 Å². The number of hydrogen-bond acceptors (Lipinski definition) is 2. The van der Waals surface area contributed by atoms with E-state index in [4.69, 9.17) is 0 Å². The van der Waals surface area contributed by atoms with Gasteiger partial charge in [-0.2, -0.15) is 0 Å². The first kappa shape index (κ1) is 11.8. The molecular formula is C13H11BrFNO2. The molecule has 0 aromatic heterocycles. The van der Waals surface area contributed by atoms with Gasteiger partial charge in [0.25, 0.3) is 11.7 Å². The summed E-state index contributed by atoms with van der Waals surface area (Å²) in [5.41, 5.74) is 0.690. The fourth-order valence-corrected chi connectivity index (χ4v) is 2.93. The van der Waals surface area contributed by atoms with Gasteiger partial charge in [0.1, 0.15) is 5.82 Å². The molecule has 0 unspecified atom stereocenters. The van der Waals surface area contributed by atoms with Crippen molar-refractivity contribution in [2.45, 2.75) is 19.3 Å². The van der Waals surface area contributed by atoms with Crippen molar-refractivity contribution in [2.24, 2.45) is 5.92 Å². The van der Waals surface area contributed by atoms with E-state index >= 15 is 0 Å². The van der Waals surface area contributed by atoms with E-state index in [2.05, 4.69) is 15.9 Å². The summed E-state index contributed by atoms with van der Waals surface area (Å²) >= 11 is 3.23. The second-order valence-corrected chi connectivity index (χ2v) is 5.66. The lowest BCUT2D eigenvalue weighted by Crippen LogP contribution is -2.31. The molecule has 94 valence electrons. The highest BCUT2D eigenvalue weighted by Gasteiger charge is 2.38. The van der Waals surface area contributed by atoms with Gasteiger partial charge < -0.3 is 4.90 Å². The van der Waals surface area contributed by atoms with Crippen LogP contribution >= 0.6 is 15.9 Å². The highest BCUT2D eigenvalue weighted by atomic mass is 79.9. The number of fused-ring (bicyclic) bond motifs is 1. The zero-order chi connectivity index (χ0) is 12.9. The topological polar surface area (TPSA) is 37.4 Å². The Kier molecular flexibility index (Phi) is 2.73. The van der Waals surface area contributed by atoms with Crippen molar-refractivity contribution in [3.63, 3.8) is 0 Å². The van der Waals surface area contributed by atoms with Crippen LogP contribution in [0.5, 0.6) is 0 Å². The molecule has 0 atom stereocenters. The molecule has 0 spiro atoms. The standard InChI is InChI=1S/C13H11BrFNO2/c14-10-6-8(15)5-9-11(10)16(13(18)12(9)17)4-3-7-1-2-7/h5-7H,1-4H2. The van der Waals surface area contributed by atoms with Gasteiger partial charge in [0.15, 0.2) is 0 Å². The molecule has 3 nitrogen and oxygen atoms in total. The first-order chi connectivity index (χ1) is 8.58. The summed E-state index contributed by atoms with van der Waals surface area (Å²) in [5, 5.41) is 0. The molecular weight excluding hydrogens is 301 g/mol. The fraction of sp³-hybridized carbons (Fsp3) is 0.385. The normalized spacial score (nSPS) is 18.4. The number of amides is 1. The minimum atomic E-state index is -0.610. The third-order valence-electron chi connectivity index (χ3n) is 3.44. The first-order valence-electron chi connectivity index (χ1n) is 5.93. The minimum absolute atomic E-state index is 0.169. The monoisotopic (exact) mass is 311 g/mol. The van der Waals surface area contributed by atoms with Gasteiger partial charge >= 0.3 is 0 Å². The molecule has 1 aromatic rings. The Labute approximate surface area is 112 Å². The van der Waals surface area contributed by atoms with Crippen molar-refractivity contribution in [2.75, 3.05) is 11.4 Å². The maximum atomic E-state index is 13.3. The molecule has 1 aliphatic heterocycles. The smallest absolute Gasteiger partial charge is 0.299 e. The Morgan fingerprint density at radius 2 is 2.06 bits per heavy atom. The molecule has 1 saturated carbocycles. The maximum absolute atomic E-state index is 13.3. The zero-order valence-electron chi connectivity index (χ0n) is 9.58. The SMILES string of the molecule is O=C1C(=O)N(CCC2CC2)c2c(Br)cc(F)cc21. The number of nitrogens with zero attached hydrogens (tertiary/aromatic N) is 1. The molecule has 5 heteroatoms. The molecule has 0 saturated heterocycles. The van der Waals surface area contributed by atoms with E-state index in [-0.39, 0.29) is 5.56 Å².